The SMILES string of the molecule is CCC[PH+](CCC)CCC.CCC[PH+](CCC)CCC.CCC[PH+](CCC)CCC.[Cl][Ir]([Cl])[Cl]. The van der Waals surface area contributed by atoms with E-state index in [1.165, 1.54) is 57.8 Å². The van der Waals surface area contributed by atoms with Crippen LogP contribution in [0.1, 0.15) is 120 Å². The molecular weight excluding hydrogens is 716 g/mol. The fraction of sp³-hybridized carbons (Fsp3) is 1.00. The Kier molecular flexibility index (Phi) is 52.0. The summed E-state index contributed by atoms with van der Waals surface area (Å²) in [7, 11) is 15.2. The molecule has 0 heterocycles. The van der Waals surface area contributed by atoms with Crippen molar-refractivity contribution < 1.29 is 13.5 Å². The van der Waals surface area contributed by atoms with Gasteiger partial charge in [-0.3, -0.25) is 0 Å². The first-order valence-corrected chi connectivity index (χ1v) is 29.7. The van der Waals surface area contributed by atoms with Crippen LogP contribution in [0.3, 0.4) is 0 Å². The van der Waals surface area contributed by atoms with Crippen molar-refractivity contribution in [1.29, 1.82) is 0 Å². The van der Waals surface area contributed by atoms with Crippen LogP contribution in [-0.4, -0.2) is 55.5 Å². The van der Waals surface area contributed by atoms with Crippen LogP contribution < -0.4 is 0 Å². The normalized spacial score (nSPS) is 10.9. The van der Waals surface area contributed by atoms with Crippen molar-refractivity contribution in [2.75, 3.05) is 55.5 Å². The van der Waals surface area contributed by atoms with Crippen molar-refractivity contribution >= 4 is 52.5 Å². The first-order chi connectivity index (χ1) is 16.3. The summed E-state index contributed by atoms with van der Waals surface area (Å²) in [5, 5.41) is 0. The fourth-order valence-corrected chi connectivity index (χ4v) is 12.9. The maximum atomic E-state index is 4.97. The minimum atomic E-state index is -1.92. The van der Waals surface area contributed by atoms with E-state index in [9.17, 15) is 0 Å². The molecule has 7 heteroatoms. The molecule has 0 aliphatic heterocycles. The molecule has 0 fully saturated rings. The third kappa shape index (κ3) is 44.8. The van der Waals surface area contributed by atoms with Gasteiger partial charge >= 0.3 is 42.2 Å². The van der Waals surface area contributed by atoms with E-state index in [1.807, 2.05) is 0 Å². The molecule has 34 heavy (non-hydrogen) atoms. The van der Waals surface area contributed by atoms with Gasteiger partial charge in [0.05, 0.1) is 55.5 Å². The van der Waals surface area contributed by atoms with Gasteiger partial charge in [0.15, 0.2) is 0 Å². The van der Waals surface area contributed by atoms with E-state index < -0.39 is 13.5 Å². The Bertz CT molecular complexity index is 239. The van der Waals surface area contributed by atoms with Crippen LogP contribution in [0.2, 0.25) is 0 Å². The zero-order chi connectivity index (χ0) is 27.0. The predicted octanol–water partition coefficient (Wildman–Crippen LogP) is 12.4. The van der Waals surface area contributed by atoms with E-state index in [0.29, 0.717) is 0 Å². The third-order valence-corrected chi connectivity index (χ3v) is 16.3. The van der Waals surface area contributed by atoms with Gasteiger partial charge in [-0.05, 0) is 57.8 Å². The molecule has 216 valence electrons. The monoisotopic (exact) mass is 781 g/mol. The molecule has 0 aromatic rings. The third-order valence-electron chi connectivity index (χ3n) is 5.43. The predicted molar refractivity (Wildman–Crippen MR) is 179 cm³/mol. The fourth-order valence-electron chi connectivity index (χ4n) is 4.31. The van der Waals surface area contributed by atoms with Crippen LogP contribution in [0.25, 0.3) is 0 Å². The zero-order valence-corrected chi connectivity index (χ0v) is 32.4. The summed E-state index contributed by atoms with van der Waals surface area (Å²) in [6.45, 7) is 20.8. The van der Waals surface area contributed by atoms with E-state index in [1.54, 1.807) is 55.5 Å². The average molecular weight is 782 g/mol. The Morgan fingerprint density at radius 1 is 0.324 bits per heavy atom. The summed E-state index contributed by atoms with van der Waals surface area (Å²) in [4.78, 5) is 0. The quantitative estimate of drug-likeness (QED) is 0.122. The van der Waals surface area contributed by atoms with E-state index in [0.717, 1.165) is 0 Å². The summed E-state index contributed by atoms with van der Waals surface area (Å²) < 4.78 is 0. The number of rotatable bonds is 18. The molecule has 0 N–H and O–H groups in total. The van der Waals surface area contributed by atoms with Crippen LogP contribution in [-0.2, 0) is 13.5 Å². The topological polar surface area (TPSA) is 0 Å². The molecule has 0 unspecified atom stereocenters. The second-order valence-corrected chi connectivity index (χ2v) is 28.5. The molecule has 0 amide bonds. The Balaban J connectivity index is -0.000000184. The molecule has 0 bridgehead atoms. The van der Waals surface area contributed by atoms with E-state index in [2.05, 4.69) is 62.3 Å². The standard InChI is InChI=1S/3C9H21P.3ClH.Ir/c3*1-4-7-10(8-5-2)9-6-3;;;;/h3*4-9H2,1-3H3;3*1H;/q;;;;;;+3. The molecule has 0 aromatic carbocycles. The molecular formula is C27H66Cl3IrP3+3. The van der Waals surface area contributed by atoms with Crippen LogP contribution in [0.4, 0.5) is 0 Å². The zero-order valence-electron chi connectivity index (χ0n) is 24.7. The molecule has 0 spiro atoms. The van der Waals surface area contributed by atoms with Gasteiger partial charge in [-0.25, -0.2) is 0 Å². The van der Waals surface area contributed by atoms with Crippen LogP contribution in [0.5, 0.6) is 0 Å². The van der Waals surface area contributed by atoms with Crippen LogP contribution in [0.15, 0.2) is 0 Å². The summed E-state index contributed by atoms with van der Waals surface area (Å²) >= 11 is -1.92. The summed E-state index contributed by atoms with van der Waals surface area (Å²) in [6, 6.07) is 0. The molecule has 0 atom stereocenters. The van der Waals surface area contributed by atoms with Gasteiger partial charge in [-0.1, -0.05) is 62.3 Å². The van der Waals surface area contributed by atoms with Crippen molar-refractivity contribution in [3.8, 4) is 0 Å². The second kappa shape index (κ2) is 40.3. The van der Waals surface area contributed by atoms with Crippen molar-refractivity contribution in [1.82, 2.24) is 0 Å². The average Bonchev–Trinajstić information content (AvgIpc) is 2.76. The van der Waals surface area contributed by atoms with Gasteiger partial charge in [-0.15, -0.1) is 0 Å². The molecule has 0 aliphatic rings. The number of halogens is 3. The summed E-state index contributed by atoms with van der Waals surface area (Å²) in [5.41, 5.74) is 0. The van der Waals surface area contributed by atoms with Crippen molar-refractivity contribution in [2.45, 2.75) is 120 Å². The molecule has 0 saturated carbocycles. The van der Waals surface area contributed by atoms with Crippen LogP contribution >= 0.6 is 52.5 Å². The number of hydrogen-bond acceptors (Lipinski definition) is 0. The van der Waals surface area contributed by atoms with Crippen LogP contribution in [0, 0.1) is 0 Å². The van der Waals surface area contributed by atoms with Gasteiger partial charge in [0.2, 0.25) is 0 Å². The van der Waals surface area contributed by atoms with Gasteiger partial charge < -0.3 is 0 Å². The Morgan fingerprint density at radius 2 is 0.412 bits per heavy atom. The van der Waals surface area contributed by atoms with E-state index in [4.69, 9.17) is 28.8 Å². The van der Waals surface area contributed by atoms with Gasteiger partial charge in [0.1, 0.15) is 0 Å². The molecule has 0 nitrogen and oxygen atoms in total. The van der Waals surface area contributed by atoms with Crippen molar-refractivity contribution in [3.05, 3.63) is 0 Å². The summed E-state index contributed by atoms with van der Waals surface area (Å²) in [6.07, 6.45) is 26.6. The summed E-state index contributed by atoms with van der Waals surface area (Å²) in [5.74, 6) is 0. The van der Waals surface area contributed by atoms with Crippen molar-refractivity contribution in [2.24, 2.45) is 0 Å². The first kappa shape index (κ1) is 43.8. The van der Waals surface area contributed by atoms with E-state index in [-0.39, 0.29) is 23.8 Å². The van der Waals surface area contributed by atoms with Crippen molar-refractivity contribution in [3.63, 3.8) is 0 Å². The first-order valence-electron chi connectivity index (χ1n) is 14.4. The maximum absolute atomic E-state index is 4.97. The van der Waals surface area contributed by atoms with Gasteiger partial charge in [-0.2, -0.15) is 0 Å². The molecule has 0 saturated heterocycles. The van der Waals surface area contributed by atoms with Gasteiger partial charge in [0.25, 0.3) is 0 Å². The molecule has 0 rings (SSSR count). The second-order valence-electron chi connectivity index (χ2n) is 9.14. The Morgan fingerprint density at radius 3 is 0.471 bits per heavy atom. The molecule has 0 aliphatic carbocycles. The van der Waals surface area contributed by atoms with E-state index >= 15 is 0 Å². The molecule has 0 radical (unpaired) electrons. The molecule has 0 aromatic heterocycles. The Hall–Kier alpha value is 2.81. The minimum absolute atomic E-state index is 0.103. The Labute approximate surface area is 240 Å². The number of hydrogen-bond donors (Lipinski definition) is 0. The van der Waals surface area contributed by atoms with Gasteiger partial charge in [0, 0.05) is 23.8 Å².